The molecule has 1 aromatic rings. The van der Waals surface area contributed by atoms with E-state index in [1.165, 1.54) is 17.5 Å². The van der Waals surface area contributed by atoms with E-state index in [2.05, 4.69) is 47.6 Å². The number of aryl methyl sites for hydroxylation is 2. The Morgan fingerprint density at radius 3 is 2.21 bits per heavy atom. The van der Waals surface area contributed by atoms with Gasteiger partial charge in [0.25, 0.3) is 0 Å². The zero-order chi connectivity index (χ0) is 14.8. The first kappa shape index (κ1) is 16.5. The van der Waals surface area contributed by atoms with Crippen LogP contribution in [0.15, 0.2) is 12.1 Å². The van der Waals surface area contributed by atoms with Gasteiger partial charge in [-0.1, -0.05) is 45.4 Å². The molecular weight excluding hydrogens is 254 g/mol. The second-order valence-corrected chi connectivity index (χ2v) is 7.58. The number of benzene rings is 1. The van der Waals surface area contributed by atoms with Gasteiger partial charge < -0.3 is 5.73 Å². The lowest BCUT2D eigenvalue weighted by atomic mass is 9.82. The first-order valence-corrected chi connectivity index (χ1v) is 7.50. The van der Waals surface area contributed by atoms with Gasteiger partial charge in [-0.3, -0.25) is 0 Å². The van der Waals surface area contributed by atoms with Crippen molar-refractivity contribution in [2.24, 2.45) is 17.1 Å². The zero-order valence-corrected chi connectivity index (χ0v) is 13.9. The van der Waals surface area contributed by atoms with Crippen LogP contribution in [0.3, 0.4) is 0 Å². The Bertz CT molecular complexity index is 432. The monoisotopic (exact) mass is 281 g/mol. The van der Waals surface area contributed by atoms with Crippen LogP contribution in [-0.2, 0) is 0 Å². The van der Waals surface area contributed by atoms with Crippen molar-refractivity contribution >= 4 is 11.6 Å². The predicted octanol–water partition coefficient (Wildman–Crippen LogP) is 5.42. The van der Waals surface area contributed by atoms with Crippen molar-refractivity contribution in [3.05, 3.63) is 33.8 Å². The summed E-state index contributed by atoms with van der Waals surface area (Å²) in [7, 11) is 0. The van der Waals surface area contributed by atoms with E-state index in [-0.39, 0.29) is 6.04 Å². The SMILES string of the molecule is Cc1cc(Cl)c(C(N)CC(C)CC(C)(C)C)cc1C. The van der Waals surface area contributed by atoms with Crippen LogP contribution in [0.1, 0.15) is 63.3 Å². The number of rotatable bonds is 4. The lowest BCUT2D eigenvalue weighted by Crippen LogP contribution is -2.18. The lowest BCUT2D eigenvalue weighted by molar-refractivity contribution is 0.286. The molecule has 0 saturated heterocycles. The molecule has 2 atom stereocenters. The third kappa shape index (κ3) is 5.16. The van der Waals surface area contributed by atoms with Crippen molar-refractivity contribution in [3.8, 4) is 0 Å². The number of hydrogen-bond acceptors (Lipinski definition) is 1. The third-order valence-corrected chi connectivity index (χ3v) is 3.96. The molecular formula is C17H28ClN. The molecule has 2 N–H and O–H groups in total. The van der Waals surface area contributed by atoms with Gasteiger partial charge in [0, 0.05) is 11.1 Å². The normalized spacial score (nSPS) is 15.4. The van der Waals surface area contributed by atoms with Gasteiger partial charge in [0.1, 0.15) is 0 Å². The molecule has 0 amide bonds. The van der Waals surface area contributed by atoms with Gasteiger partial charge in [-0.05, 0) is 60.8 Å². The van der Waals surface area contributed by atoms with Gasteiger partial charge >= 0.3 is 0 Å². The molecule has 0 aliphatic rings. The minimum absolute atomic E-state index is 0.0316. The summed E-state index contributed by atoms with van der Waals surface area (Å²) in [5.74, 6) is 0.604. The Labute approximate surface area is 123 Å². The van der Waals surface area contributed by atoms with Crippen LogP contribution >= 0.6 is 11.6 Å². The summed E-state index contributed by atoms with van der Waals surface area (Å²) in [6.07, 6.45) is 2.17. The van der Waals surface area contributed by atoms with E-state index in [1.54, 1.807) is 0 Å². The van der Waals surface area contributed by atoms with Crippen LogP contribution in [0.5, 0.6) is 0 Å². The molecule has 2 heteroatoms. The molecule has 19 heavy (non-hydrogen) atoms. The van der Waals surface area contributed by atoms with Crippen molar-refractivity contribution < 1.29 is 0 Å². The molecule has 0 aromatic heterocycles. The second-order valence-electron chi connectivity index (χ2n) is 7.17. The molecule has 1 aromatic carbocycles. The highest BCUT2D eigenvalue weighted by molar-refractivity contribution is 6.31. The average molecular weight is 282 g/mol. The smallest absolute Gasteiger partial charge is 0.0456 e. The van der Waals surface area contributed by atoms with E-state index in [1.807, 2.05) is 6.07 Å². The lowest BCUT2D eigenvalue weighted by Gasteiger charge is -2.26. The van der Waals surface area contributed by atoms with Crippen LogP contribution in [-0.4, -0.2) is 0 Å². The van der Waals surface area contributed by atoms with Crippen molar-refractivity contribution in [1.82, 2.24) is 0 Å². The summed E-state index contributed by atoms with van der Waals surface area (Å²) in [5, 5.41) is 0.804. The fraction of sp³-hybridized carbons (Fsp3) is 0.647. The molecule has 0 aliphatic heterocycles. The topological polar surface area (TPSA) is 26.0 Å². The third-order valence-electron chi connectivity index (χ3n) is 3.63. The maximum absolute atomic E-state index is 6.35. The van der Waals surface area contributed by atoms with Gasteiger partial charge in [0.05, 0.1) is 0 Å². The first-order valence-electron chi connectivity index (χ1n) is 7.12. The summed E-state index contributed by atoms with van der Waals surface area (Å²) in [6, 6.07) is 4.20. The Balaban J connectivity index is 2.78. The van der Waals surface area contributed by atoms with E-state index in [9.17, 15) is 0 Å². The van der Waals surface area contributed by atoms with Crippen molar-refractivity contribution in [2.75, 3.05) is 0 Å². The largest absolute Gasteiger partial charge is 0.324 e. The molecule has 0 radical (unpaired) electrons. The summed E-state index contributed by atoms with van der Waals surface area (Å²) < 4.78 is 0. The molecule has 1 nitrogen and oxygen atoms in total. The van der Waals surface area contributed by atoms with E-state index < -0.39 is 0 Å². The molecule has 0 aliphatic carbocycles. The zero-order valence-electron chi connectivity index (χ0n) is 13.2. The summed E-state index contributed by atoms with van der Waals surface area (Å²) >= 11 is 6.33. The minimum atomic E-state index is 0.0316. The minimum Gasteiger partial charge on any atom is -0.324 e. The first-order chi connectivity index (χ1) is 8.60. The van der Waals surface area contributed by atoms with Crippen LogP contribution < -0.4 is 5.73 Å². The molecule has 0 heterocycles. The van der Waals surface area contributed by atoms with Gasteiger partial charge in [0.15, 0.2) is 0 Å². The van der Waals surface area contributed by atoms with Gasteiger partial charge in [0.2, 0.25) is 0 Å². The second kappa shape index (κ2) is 6.28. The number of hydrogen-bond donors (Lipinski definition) is 1. The van der Waals surface area contributed by atoms with Crippen LogP contribution in [0.4, 0.5) is 0 Å². The van der Waals surface area contributed by atoms with Crippen molar-refractivity contribution in [2.45, 2.75) is 60.4 Å². The van der Waals surface area contributed by atoms with Crippen molar-refractivity contribution in [1.29, 1.82) is 0 Å². The maximum atomic E-state index is 6.35. The van der Waals surface area contributed by atoms with Crippen LogP contribution in [0, 0.1) is 25.2 Å². The predicted molar refractivity (Wildman–Crippen MR) is 85.7 cm³/mol. The summed E-state index contributed by atoms with van der Waals surface area (Å²) in [5.41, 5.74) is 10.3. The van der Waals surface area contributed by atoms with Crippen LogP contribution in [0.2, 0.25) is 5.02 Å². The summed E-state index contributed by atoms with van der Waals surface area (Å²) in [6.45, 7) is 13.3. The van der Waals surface area contributed by atoms with E-state index in [0.717, 1.165) is 17.0 Å². The van der Waals surface area contributed by atoms with E-state index >= 15 is 0 Å². The van der Waals surface area contributed by atoms with Gasteiger partial charge in [-0.15, -0.1) is 0 Å². The summed E-state index contributed by atoms with van der Waals surface area (Å²) in [4.78, 5) is 0. The highest BCUT2D eigenvalue weighted by Gasteiger charge is 2.19. The molecule has 0 bridgehead atoms. The number of halogens is 1. The maximum Gasteiger partial charge on any atom is 0.0456 e. The fourth-order valence-electron chi connectivity index (χ4n) is 2.78. The standard InChI is InChI=1S/C17H28ClN/c1-11(10-17(4,5)6)7-16(19)14-8-12(2)13(3)9-15(14)18/h8-9,11,16H,7,10,19H2,1-6H3. The van der Waals surface area contributed by atoms with Crippen LogP contribution in [0.25, 0.3) is 0 Å². The molecule has 0 fully saturated rings. The molecule has 0 saturated carbocycles. The highest BCUT2D eigenvalue weighted by atomic mass is 35.5. The van der Waals surface area contributed by atoms with Gasteiger partial charge in [-0.2, -0.15) is 0 Å². The highest BCUT2D eigenvalue weighted by Crippen LogP contribution is 2.32. The molecule has 2 unspecified atom stereocenters. The van der Waals surface area contributed by atoms with E-state index in [4.69, 9.17) is 17.3 Å². The Morgan fingerprint density at radius 2 is 1.68 bits per heavy atom. The fourth-order valence-corrected chi connectivity index (χ4v) is 3.13. The average Bonchev–Trinajstić information content (AvgIpc) is 2.20. The van der Waals surface area contributed by atoms with Gasteiger partial charge in [-0.25, -0.2) is 0 Å². The Kier molecular flexibility index (Phi) is 5.46. The molecule has 1 rings (SSSR count). The van der Waals surface area contributed by atoms with E-state index in [0.29, 0.717) is 11.3 Å². The Morgan fingerprint density at radius 1 is 1.16 bits per heavy atom. The van der Waals surface area contributed by atoms with Crippen molar-refractivity contribution in [3.63, 3.8) is 0 Å². The quantitative estimate of drug-likeness (QED) is 0.783. The number of nitrogens with two attached hydrogens (primary N) is 1. The molecule has 108 valence electrons. The molecule has 0 spiro atoms. The Hall–Kier alpha value is -0.530.